The summed E-state index contributed by atoms with van der Waals surface area (Å²) in [5.41, 5.74) is 12.2. The lowest BCUT2D eigenvalue weighted by atomic mass is 9.59. The number of carbonyl (C=O) groups is 1. The Morgan fingerprint density at radius 3 is 2.00 bits per heavy atom. The molecule has 1 N–H and O–H groups in total. The van der Waals surface area contributed by atoms with Crippen LogP contribution in [0.15, 0.2) is 73.1 Å². The van der Waals surface area contributed by atoms with E-state index < -0.39 is 5.54 Å². The van der Waals surface area contributed by atoms with Gasteiger partial charge in [-0.25, -0.2) is 9.78 Å². The Kier molecular flexibility index (Phi) is 9.35. The third-order valence-corrected chi connectivity index (χ3v) is 20.1. The van der Waals surface area contributed by atoms with E-state index in [-0.39, 0.29) is 43.8 Å². The van der Waals surface area contributed by atoms with E-state index in [2.05, 4.69) is 211 Å². The molecule has 0 saturated heterocycles. The number of benzene rings is 3. The van der Waals surface area contributed by atoms with Gasteiger partial charge in [0.1, 0.15) is 5.35 Å². The number of unbranched alkanes of at least 4 members (excludes halogenated alkanes) is 1. The number of nitrogens with zero attached hydrogens (tertiary/aromatic N) is 2. The zero-order valence-corrected chi connectivity index (χ0v) is 41.8. The van der Waals surface area contributed by atoms with Crippen molar-refractivity contribution < 1.29 is 14.3 Å². The molecule has 0 bridgehead atoms. The molecule has 330 valence electrons. The Morgan fingerprint density at radius 1 is 0.698 bits per heavy atom. The molecular formula is C59H75N3O+2. The van der Waals surface area contributed by atoms with Crippen LogP contribution in [0.3, 0.4) is 0 Å². The average molecular weight is 842 g/mol. The summed E-state index contributed by atoms with van der Waals surface area (Å²) in [5, 5.41) is 4.54. The Morgan fingerprint density at radius 2 is 1.35 bits per heavy atom. The van der Waals surface area contributed by atoms with E-state index in [0.29, 0.717) is 0 Å². The number of fused-ring (bicyclic) bond motifs is 6. The van der Waals surface area contributed by atoms with Crippen LogP contribution in [0.4, 0.5) is 0 Å². The van der Waals surface area contributed by atoms with Crippen LogP contribution < -0.4 is 14.9 Å². The topological polar surface area (TPSA) is 40.0 Å². The second-order valence-corrected chi connectivity index (χ2v) is 23.5. The summed E-state index contributed by atoms with van der Waals surface area (Å²) in [6, 6.07) is 23.4. The van der Waals surface area contributed by atoms with Gasteiger partial charge in [-0.05, 0) is 140 Å². The van der Waals surface area contributed by atoms with E-state index >= 15 is 4.79 Å². The maximum absolute atomic E-state index is 16.2. The Balaban J connectivity index is 1.45. The molecule has 2 unspecified atom stereocenters. The van der Waals surface area contributed by atoms with Crippen LogP contribution in [0.2, 0.25) is 0 Å². The van der Waals surface area contributed by atoms with Crippen LogP contribution in [0.5, 0.6) is 0 Å². The number of aryl methyl sites for hydroxylation is 2. The van der Waals surface area contributed by atoms with E-state index in [1.807, 2.05) is 0 Å². The van der Waals surface area contributed by atoms with Crippen molar-refractivity contribution in [3.05, 3.63) is 123 Å². The number of aromatic nitrogens is 3. The number of H-pyrrole nitrogens is 1. The fraction of sp³-hybridized carbons (Fsp3) is 0.508. The van der Waals surface area contributed by atoms with Gasteiger partial charge in [-0.1, -0.05) is 128 Å². The largest absolute Gasteiger partial charge is 0.346 e. The molecule has 3 aromatic heterocycles. The molecule has 0 saturated carbocycles. The van der Waals surface area contributed by atoms with E-state index in [0.717, 1.165) is 52.2 Å². The molecule has 9 rings (SSSR count). The van der Waals surface area contributed by atoms with Crippen LogP contribution in [-0.2, 0) is 39.0 Å². The van der Waals surface area contributed by atoms with Gasteiger partial charge in [0, 0.05) is 30.0 Å². The number of hydrogen-bond donors (Lipinski definition) is 0. The van der Waals surface area contributed by atoms with Crippen molar-refractivity contribution in [1.82, 2.24) is 4.57 Å². The van der Waals surface area contributed by atoms with Gasteiger partial charge in [-0.2, -0.15) is 9.13 Å². The fourth-order valence-electron chi connectivity index (χ4n) is 13.4. The zero-order valence-electron chi connectivity index (χ0n) is 41.8. The number of pyridine rings is 2. The number of rotatable bonds is 7. The highest BCUT2D eigenvalue weighted by molar-refractivity contribution is 6.14. The molecule has 0 fully saturated rings. The molecule has 0 amide bonds. The van der Waals surface area contributed by atoms with Crippen LogP contribution in [0.25, 0.3) is 39.1 Å². The van der Waals surface area contributed by atoms with Gasteiger partial charge in [0.25, 0.3) is 5.65 Å². The summed E-state index contributed by atoms with van der Waals surface area (Å²) in [5.74, 6) is 0.0274. The monoisotopic (exact) mass is 842 g/mol. The summed E-state index contributed by atoms with van der Waals surface area (Å²) in [6.07, 6.45) is 12.2. The molecule has 4 nitrogen and oxygen atoms in total. The Hall–Kier alpha value is -4.57. The first kappa shape index (κ1) is 43.7. The molecule has 63 heavy (non-hydrogen) atoms. The first-order valence-electron chi connectivity index (χ1n) is 24.3. The number of carbonyl (C=O) groups excluding carboxylic acids is 1. The first-order valence-corrected chi connectivity index (χ1v) is 24.3. The second-order valence-electron chi connectivity index (χ2n) is 23.5. The van der Waals surface area contributed by atoms with Gasteiger partial charge >= 0.3 is 5.91 Å². The predicted molar refractivity (Wildman–Crippen MR) is 263 cm³/mol. The average Bonchev–Trinajstić information content (AvgIpc) is 3.64. The Labute approximate surface area is 378 Å². The molecule has 1 aliphatic heterocycles. The molecular weight excluding hydrogens is 767 g/mol. The summed E-state index contributed by atoms with van der Waals surface area (Å²) < 4.78 is 4.68. The minimum Gasteiger partial charge on any atom is -0.246 e. The number of aromatic amines is 1. The summed E-state index contributed by atoms with van der Waals surface area (Å²) >= 11 is 0. The molecule has 2 aliphatic carbocycles. The first-order chi connectivity index (χ1) is 29.4. The van der Waals surface area contributed by atoms with Gasteiger partial charge in [0.2, 0.25) is 5.69 Å². The molecule has 0 spiro atoms. The van der Waals surface area contributed by atoms with Crippen molar-refractivity contribution in [2.75, 3.05) is 0 Å². The van der Waals surface area contributed by atoms with E-state index in [9.17, 15) is 0 Å². The molecule has 3 aliphatic rings. The maximum atomic E-state index is 16.2. The highest BCUT2D eigenvalue weighted by Gasteiger charge is 2.61. The van der Waals surface area contributed by atoms with Crippen molar-refractivity contribution in [1.29, 1.82) is 0 Å². The maximum Gasteiger partial charge on any atom is 0.346 e. The lowest BCUT2D eigenvalue weighted by molar-refractivity contribution is -0.751. The van der Waals surface area contributed by atoms with Crippen molar-refractivity contribution in [2.45, 2.75) is 182 Å². The predicted octanol–water partition coefficient (Wildman–Crippen LogP) is 13.1. The lowest BCUT2D eigenvalue weighted by Crippen LogP contribution is -2.68. The molecule has 2 atom stereocenters. The van der Waals surface area contributed by atoms with Crippen LogP contribution in [0, 0.1) is 17.8 Å². The van der Waals surface area contributed by atoms with Crippen molar-refractivity contribution >= 4 is 33.8 Å². The van der Waals surface area contributed by atoms with Crippen molar-refractivity contribution in [3.63, 3.8) is 0 Å². The van der Waals surface area contributed by atoms with Gasteiger partial charge in [-0.15, -0.1) is 0 Å². The quantitative estimate of drug-likeness (QED) is 0.148. The molecule has 3 aromatic carbocycles. The highest BCUT2D eigenvalue weighted by atomic mass is 16.2. The highest BCUT2D eigenvalue weighted by Crippen LogP contribution is 2.64. The minimum absolute atomic E-state index is 0.0187. The SMILES string of the molecule is CCCCc1ccc2c(c1)C(C)(CC)C(C=c1c3cc4c(c5cc[nH+]c(c53)n1C(=O)c1cc3c(cc1C)C(C)(C)C(C)(C)C3(C)C)C(C)(C)C(C)(C)C4(C)C)(CC)[n+]1ccccc1-2. The smallest absolute Gasteiger partial charge is 0.246 e. The molecule has 0 radical (unpaired) electrons. The summed E-state index contributed by atoms with van der Waals surface area (Å²) in [7, 11) is 0. The summed E-state index contributed by atoms with van der Waals surface area (Å²) in [4.78, 5) is 20.0. The Bertz CT molecular complexity index is 2970. The molecule has 6 aromatic rings. The zero-order chi connectivity index (χ0) is 45.8. The van der Waals surface area contributed by atoms with E-state index in [1.165, 1.54) is 62.9 Å². The number of hydrogen-bond acceptors (Lipinski definition) is 1. The third kappa shape index (κ3) is 5.13. The van der Waals surface area contributed by atoms with Gasteiger partial charge < -0.3 is 0 Å². The van der Waals surface area contributed by atoms with Crippen molar-refractivity contribution in [3.8, 4) is 11.3 Å². The molecule has 4 heteroatoms. The number of nitrogens with one attached hydrogen (secondary N) is 1. The fourth-order valence-corrected chi connectivity index (χ4v) is 13.4. The van der Waals surface area contributed by atoms with Gasteiger partial charge in [0.05, 0.1) is 28.1 Å². The van der Waals surface area contributed by atoms with Crippen LogP contribution >= 0.6 is 0 Å². The van der Waals surface area contributed by atoms with E-state index in [4.69, 9.17) is 0 Å². The van der Waals surface area contributed by atoms with E-state index in [1.54, 1.807) is 0 Å². The van der Waals surface area contributed by atoms with Gasteiger partial charge in [0.15, 0.2) is 11.7 Å². The summed E-state index contributed by atoms with van der Waals surface area (Å²) in [6.45, 7) is 40.7. The molecule has 4 heterocycles. The van der Waals surface area contributed by atoms with Crippen LogP contribution in [0.1, 0.15) is 186 Å². The second kappa shape index (κ2) is 13.5. The standard InChI is InChI=1S/C59H74N3O/c1-18-21-24-37-26-27-38-42(32-37)58(17,19-2)59(20-3,61-30-23-22-25-46(38)61)35-47-41-34-45-49(55(11,12)57(15,16)54(45,9)10)39-28-29-60-50(48(39)41)62(47)51(63)40-33-44-43(31-36(40)4)52(5,6)56(13,14)53(44,7)8/h22-23,25-35H,18-21,24H2,1-17H3/q+1/p+1. The van der Waals surface area contributed by atoms with Crippen molar-refractivity contribution in [2.24, 2.45) is 10.8 Å². The third-order valence-electron chi connectivity index (χ3n) is 20.1. The van der Waals surface area contributed by atoms with Gasteiger partial charge in [-0.3, -0.25) is 0 Å². The normalized spacial score (nSPS) is 24.4. The lowest BCUT2D eigenvalue weighted by Gasteiger charge is -2.46. The minimum atomic E-state index is -0.521. The van der Waals surface area contributed by atoms with Crippen LogP contribution in [-0.4, -0.2) is 10.5 Å².